The highest BCUT2D eigenvalue weighted by molar-refractivity contribution is 6.26. The molecule has 1 fully saturated rings. The Kier molecular flexibility index (Phi) is 3.96. The van der Waals surface area contributed by atoms with Gasteiger partial charge < -0.3 is 5.21 Å². The van der Waals surface area contributed by atoms with E-state index >= 15 is 0 Å². The van der Waals surface area contributed by atoms with Crippen LogP contribution in [0.15, 0.2) is 28.9 Å². The number of rotatable bonds is 3. The minimum atomic E-state index is -0.348. The molecule has 0 unspecified atom stereocenters. The van der Waals surface area contributed by atoms with Gasteiger partial charge in [-0.2, -0.15) is 0 Å². The van der Waals surface area contributed by atoms with E-state index in [4.69, 9.17) is 0 Å². The lowest BCUT2D eigenvalue weighted by molar-refractivity contribution is -0.385. The third-order valence-corrected chi connectivity index (χ3v) is 4.90. The normalized spacial score (nSPS) is 21.0. The molecule has 0 spiro atoms. The predicted octanol–water partition coefficient (Wildman–Crippen LogP) is 4.47. The molecule has 1 N–H and O–H groups in total. The number of benzene rings is 1. The maximum atomic E-state index is 11.2. The van der Waals surface area contributed by atoms with Crippen LogP contribution in [0.4, 0.5) is 5.69 Å². The first kappa shape index (κ1) is 14.8. The molecule has 2 aliphatic carbocycles. The molecule has 5 nitrogen and oxygen atoms in total. The Hall–Kier alpha value is -2.17. The van der Waals surface area contributed by atoms with E-state index in [9.17, 15) is 15.3 Å². The molecule has 0 atom stereocenters. The minimum Gasteiger partial charge on any atom is -0.411 e. The zero-order valence-corrected chi connectivity index (χ0v) is 12.7. The molecule has 22 heavy (non-hydrogen) atoms. The average molecular weight is 300 g/mol. The Bertz CT molecular complexity index is 670. The lowest BCUT2D eigenvalue weighted by atomic mass is 9.90. The van der Waals surface area contributed by atoms with E-state index in [2.05, 4.69) is 5.16 Å². The van der Waals surface area contributed by atoms with E-state index in [0.29, 0.717) is 17.2 Å². The Labute approximate surface area is 129 Å². The largest absolute Gasteiger partial charge is 0.411 e. The van der Waals surface area contributed by atoms with Crippen molar-refractivity contribution in [1.29, 1.82) is 0 Å². The Morgan fingerprint density at radius 2 is 2.00 bits per heavy atom. The number of hydrogen-bond acceptors (Lipinski definition) is 4. The molecule has 116 valence electrons. The number of nitrogens with zero attached hydrogens (tertiary/aromatic N) is 2. The number of aryl methyl sites for hydroxylation is 1. The molecule has 0 amide bonds. The molecule has 0 aromatic heterocycles. The van der Waals surface area contributed by atoms with Crippen molar-refractivity contribution in [1.82, 2.24) is 0 Å². The quantitative estimate of drug-likeness (QED) is 0.508. The lowest BCUT2D eigenvalue weighted by Crippen LogP contribution is -2.03. The van der Waals surface area contributed by atoms with E-state index in [1.165, 1.54) is 31.3 Å². The molecular weight excluding hydrogens is 280 g/mol. The van der Waals surface area contributed by atoms with Gasteiger partial charge in [-0.1, -0.05) is 35.7 Å². The van der Waals surface area contributed by atoms with E-state index in [1.807, 2.05) is 6.07 Å². The summed E-state index contributed by atoms with van der Waals surface area (Å²) in [4.78, 5) is 10.8. The van der Waals surface area contributed by atoms with Crippen LogP contribution in [0.1, 0.15) is 49.7 Å². The first-order valence-electron chi connectivity index (χ1n) is 7.81. The maximum absolute atomic E-state index is 11.2. The second kappa shape index (κ2) is 5.91. The summed E-state index contributed by atoms with van der Waals surface area (Å²) in [5.41, 5.74) is 4.52. The number of oxime groups is 1. The third-order valence-electron chi connectivity index (χ3n) is 4.90. The molecule has 0 aliphatic heterocycles. The molecule has 2 aliphatic rings. The van der Waals surface area contributed by atoms with Gasteiger partial charge in [-0.25, -0.2) is 0 Å². The lowest BCUT2D eigenvalue weighted by Gasteiger charge is -2.14. The van der Waals surface area contributed by atoms with Gasteiger partial charge in [0.1, 0.15) is 0 Å². The number of hydrogen-bond donors (Lipinski definition) is 1. The number of nitro benzene ring substituents is 1. The van der Waals surface area contributed by atoms with Crippen molar-refractivity contribution in [3.63, 3.8) is 0 Å². The van der Waals surface area contributed by atoms with Gasteiger partial charge in [0.15, 0.2) is 0 Å². The summed E-state index contributed by atoms with van der Waals surface area (Å²) in [5, 5.41) is 24.0. The minimum absolute atomic E-state index is 0.125. The summed E-state index contributed by atoms with van der Waals surface area (Å²) >= 11 is 0. The highest BCUT2D eigenvalue weighted by Gasteiger charge is 2.30. The fraction of sp³-hybridized carbons (Fsp3) is 0.471. The van der Waals surface area contributed by atoms with Crippen molar-refractivity contribution in [2.75, 3.05) is 0 Å². The molecule has 5 heteroatoms. The smallest absolute Gasteiger partial charge is 0.272 e. The van der Waals surface area contributed by atoms with Crippen LogP contribution in [0.2, 0.25) is 0 Å². The molecule has 0 heterocycles. The van der Waals surface area contributed by atoms with E-state index in [-0.39, 0.29) is 10.6 Å². The summed E-state index contributed by atoms with van der Waals surface area (Å²) in [6.07, 6.45) is 6.44. The second-order valence-electron chi connectivity index (χ2n) is 6.19. The Balaban J connectivity index is 2.11. The van der Waals surface area contributed by atoms with E-state index in [0.717, 1.165) is 24.0 Å². The topological polar surface area (TPSA) is 75.7 Å². The SMILES string of the molecule is Cc1ccc(C2=C(C3CCCC3)CC/C2=N\O)cc1[N+](=O)[O-]. The van der Waals surface area contributed by atoms with Gasteiger partial charge in [-0.05, 0) is 44.1 Å². The molecule has 3 rings (SSSR count). The van der Waals surface area contributed by atoms with Crippen LogP contribution in [-0.2, 0) is 0 Å². The van der Waals surface area contributed by atoms with Gasteiger partial charge in [0.05, 0.1) is 10.6 Å². The van der Waals surface area contributed by atoms with E-state index < -0.39 is 0 Å². The van der Waals surface area contributed by atoms with Crippen LogP contribution in [-0.4, -0.2) is 15.8 Å². The maximum Gasteiger partial charge on any atom is 0.272 e. The number of allylic oxidation sites excluding steroid dienone is 2. The fourth-order valence-electron chi connectivity index (χ4n) is 3.78. The molecule has 1 saturated carbocycles. The predicted molar refractivity (Wildman–Crippen MR) is 85.2 cm³/mol. The highest BCUT2D eigenvalue weighted by Crippen LogP contribution is 2.43. The van der Waals surface area contributed by atoms with Crippen LogP contribution in [0.5, 0.6) is 0 Å². The summed E-state index contributed by atoms with van der Waals surface area (Å²) in [5.74, 6) is 0.537. The van der Waals surface area contributed by atoms with Crippen LogP contribution in [0, 0.1) is 23.0 Å². The monoisotopic (exact) mass is 300 g/mol. The molecule has 0 bridgehead atoms. The summed E-state index contributed by atoms with van der Waals surface area (Å²) in [7, 11) is 0. The van der Waals surface area contributed by atoms with Gasteiger partial charge in [0.2, 0.25) is 0 Å². The van der Waals surface area contributed by atoms with Crippen LogP contribution >= 0.6 is 0 Å². The standard InChI is InChI=1S/C17H20N2O3/c1-11-6-7-13(10-16(11)19(21)22)17-14(8-9-15(17)18-20)12-4-2-3-5-12/h6-7,10,12,20H,2-5,8-9H2,1H3/b18-15+. The van der Waals surface area contributed by atoms with Gasteiger partial charge in [-0.3, -0.25) is 10.1 Å². The highest BCUT2D eigenvalue weighted by atomic mass is 16.6. The summed E-state index contributed by atoms with van der Waals surface area (Å²) in [6.45, 7) is 1.74. The fourth-order valence-corrected chi connectivity index (χ4v) is 3.78. The van der Waals surface area contributed by atoms with Crippen molar-refractivity contribution in [3.8, 4) is 0 Å². The average Bonchev–Trinajstić information content (AvgIpc) is 3.16. The van der Waals surface area contributed by atoms with Gasteiger partial charge in [-0.15, -0.1) is 0 Å². The molecule has 1 aromatic carbocycles. The van der Waals surface area contributed by atoms with Gasteiger partial charge in [0, 0.05) is 17.2 Å². The molecule has 0 saturated heterocycles. The molecule has 0 radical (unpaired) electrons. The van der Waals surface area contributed by atoms with Crippen molar-refractivity contribution in [2.24, 2.45) is 11.1 Å². The van der Waals surface area contributed by atoms with Crippen molar-refractivity contribution < 1.29 is 10.1 Å². The Morgan fingerprint density at radius 1 is 1.27 bits per heavy atom. The molecular formula is C17H20N2O3. The first-order valence-corrected chi connectivity index (χ1v) is 7.81. The van der Waals surface area contributed by atoms with Crippen molar-refractivity contribution in [3.05, 3.63) is 45.0 Å². The zero-order chi connectivity index (χ0) is 15.7. The van der Waals surface area contributed by atoms with Crippen molar-refractivity contribution >= 4 is 17.0 Å². The van der Waals surface area contributed by atoms with Crippen LogP contribution < -0.4 is 0 Å². The third kappa shape index (κ3) is 2.51. The van der Waals surface area contributed by atoms with Crippen molar-refractivity contribution in [2.45, 2.75) is 45.4 Å². The van der Waals surface area contributed by atoms with Gasteiger partial charge in [0.25, 0.3) is 5.69 Å². The number of nitro groups is 1. The van der Waals surface area contributed by atoms with Crippen LogP contribution in [0.25, 0.3) is 5.57 Å². The summed E-state index contributed by atoms with van der Waals surface area (Å²) < 4.78 is 0. The second-order valence-corrected chi connectivity index (χ2v) is 6.19. The Morgan fingerprint density at radius 3 is 2.64 bits per heavy atom. The van der Waals surface area contributed by atoms with Gasteiger partial charge >= 0.3 is 0 Å². The van der Waals surface area contributed by atoms with E-state index in [1.54, 1.807) is 19.1 Å². The first-order chi connectivity index (χ1) is 10.6. The molecule has 1 aromatic rings. The van der Waals surface area contributed by atoms with Crippen LogP contribution in [0.3, 0.4) is 0 Å². The zero-order valence-electron chi connectivity index (χ0n) is 12.7. The summed E-state index contributed by atoms with van der Waals surface area (Å²) in [6, 6.07) is 5.30.